The first-order valence-corrected chi connectivity index (χ1v) is 9.57. The molecule has 0 aromatic heterocycles. The van der Waals surface area contributed by atoms with Crippen molar-refractivity contribution >= 4 is 15.9 Å². The van der Waals surface area contributed by atoms with Gasteiger partial charge in [0.1, 0.15) is 11.4 Å². The summed E-state index contributed by atoms with van der Waals surface area (Å²) >= 11 is 0. The van der Waals surface area contributed by atoms with E-state index in [9.17, 15) is 13.2 Å². The largest absolute Gasteiger partial charge is 0.487 e. The number of sulfonamides is 1. The zero-order chi connectivity index (χ0) is 16.8. The maximum atomic E-state index is 12.4. The van der Waals surface area contributed by atoms with Crippen molar-refractivity contribution < 1.29 is 17.9 Å². The molecule has 2 aliphatic rings. The zero-order valence-corrected chi connectivity index (χ0v) is 14.4. The number of hydrogen-bond donors (Lipinski definition) is 1. The number of rotatable bonds is 3. The van der Waals surface area contributed by atoms with Crippen LogP contribution in [0.3, 0.4) is 0 Å². The molecule has 2 aliphatic heterocycles. The van der Waals surface area contributed by atoms with E-state index in [4.69, 9.17) is 4.74 Å². The van der Waals surface area contributed by atoms with Gasteiger partial charge in [-0.05, 0) is 44.0 Å². The highest BCUT2D eigenvalue weighted by Gasteiger charge is 2.32. The van der Waals surface area contributed by atoms with E-state index in [1.807, 2.05) is 26.0 Å². The van der Waals surface area contributed by atoms with Gasteiger partial charge >= 0.3 is 0 Å². The van der Waals surface area contributed by atoms with E-state index < -0.39 is 10.0 Å². The SMILES string of the molecule is CC1(C)Cc2cc(C(=O)NC3CCN(S(C)(=O)=O)C3)ccc2O1. The molecule has 1 fully saturated rings. The summed E-state index contributed by atoms with van der Waals surface area (Å²) in [6, 6.07) is 5.30. The van der Waals surface area contributed by atoms with Gasteiger partial charge in [-0.15, -0.1) is 0 Å². The molecule has 1 unspecified atom stereocenters. The summed E-state index contributed by atoms with van der Waals surface area (Å²) in [5.41, 5.74) is 1.38. The summed E-state index contributed by atoms with van der Waals surface area (Å²) in [4.78, 5) is 12.4. The van der Waals surface area contributed by atoms with Gasteiger partial charge in [0.2, 0.25) is 10.0 Å². The lowest BCUT2D eigenvalue weighted by Crippen LogP contribution is -2.38. The predicted octanol–water partition coefficient (Wildman–Crippen LogP) is 1.16. The van der Waals surface area contributed by atoms with Crippen LogP contribution in [0.4, 0.5) is 0 Å². The van der Waals surface area contributed by atoms with E-state index in [2.05, 4.69) is 5.32 Å². The molecule has 2 heterocycles. The molecule has 1 N–H and O–H groups in total. The average molecular weight is 338 g/mol. The second kappa shape index (κ2) is 5.49. The van der Waals surface area contributed by atoms with Gasteiger partial charge in [0.05, 0.1) is 6.26 Å². The van der Waals surface area contributed by atoms with Crippen LogP contribution < -0.4 is 10.1 Å². The second-order valence-corrected chi connectivity index (χ2v) is 8.92. The van der Waals surface area contributed by atoms with Gasteiger partial charge in [0.15, 0.2) is 0 Å². The molecule has 0 spiro atoms. The summed E-state index contributed by atoms with van der Waals surface area (Å²) in [7, 11) is -3.19. The van der Waals surface area contributed by atoms with Crippen molar-refractivity contribution in [2.75, 3.05) is 19.3 Å². The Labute approximate surface area is 136 Å². The molecule has 23 heavy (non-hydrogen) atoms. The minimum atomic E-state index is -3.19. The maximum absolute atomic E-state index is 12.4. The van der Waals surface area contributed by atoms with Crippen LogP contribution in [0.25, 0.3) is 0 Å². The topological polar surface area (TPSA) is 75.7 Å². The van der Waals surface area contributed by atoms with Gasteiger partial charge in [-0.2, -0.15) is 0 Å². The lowest BCUT2D eigenvalue weighted by Gasteiger charge is -2.16. The third-order valence-electron chi connectivity index (χ3n) is 4.28. The van der Waals surface area contributed by atoms with E-state index in [1.54, 1.807) is 6.07 Å². The Morgan fingerprint density at radius 3 is 2.78 bits per heavy atom. The number of nitrogens with one attached hydrogen (secondary N) is 1. The standard InChI is InChI=1S/C16H22N2O4S/c1-16(2)9-12-8-11(4-5-14(12)22-16)15(19)17-13-6-7-18(10-13)23(3,20)21/h4-5,8,13H,6-7,9-10H2,1-3H3,(H,17,19). The molecule has 0 radical (unpaired) electrons. The maximum Gasteiger partial charge on any atom is 0.251 e. The summed E-state index contributed by atoms with van der Waals surface area (Å²) < 4.78 is 30.3. The van der Waals surface area contributed by atoms with Crippen molar-refractivity contribution in [3.8, 4) is 5.75 Å². The van der Waals surface area contributed by atoms with E-state index in [0.29, 0.717) is 25.1 Å². The number of ether oxygens (including phenoxy) is 1. The van der Waals surface area contributed by atoms with E-state index in [0.717, 1.165) is 17.7 Å². The highest BCUT2D eigenvalue weighted by Crippen LogP contribution is 2.35. The third-order valence-corrected chi connectivity index (χ3v) is 5.55. The van der Waals surface area contributed by atoms with Crippen LogP contribution in [-0.2, 0) is 16.4 Å². The van der Waals surface area contributed by atoms with Crippen LogP contribution in [0.5, 0.6) is 5.75 Å². The number of fused-ring (bicyclic) bond motifs is 1. The number of amides is 1. The number of hydrogen-bond acceptors (Lipinski definition) is 4. The van der Waals surface area contributed by atoms with Crippen molar-refractivity contribution in [1.29, 1.82) is 0 Å². The van der Waals surface area contributed by atoms with Crippen LogP contribution >= 0.6 is 0 Å². The molecule has 6 nitrogen and oxygen atoms in total. The number of carbonyl (C=O) groups excluding carboxylic acids is 1. The Morgan fingerprint density at radius 1 is 1.39 bits per heavy atom. The first-order valence-electron chi connectivity index (χ1n) is 7.72. The van der Waals surface area contributed by atoms with E-state index in [-0.39, 0.29) is 17.6 Å². The molecule has 0 bridgehead atoms. The summed E-state index contributed by atoms with van der Waals surface area (Å²) in [6.07, 6.45) is 2.61. The van der Waals surface area contributed by atoms with Crippen LogP contribution in [-0.4, -0.2) is 49.6 Å². The van der Waals surface area contributed by atoms with E-state index in [1.165, 1.54) is 10.6 Å². The monoisotopic (exact) mass is 338 g/mol. The fourth-order valence-electron chi connectivity index (χ4n) is 3.17. The predicted molar refractivity (Wildman–Crippen MR) is 87.1 cm³/mol. The van der Waals surface area contributed by atoms with Crippen LogP contribution in [0.2, 0.25) is 0 Å². The highest BCUT2D eigenvalue weighted by atomic mass is 32.2. The van der Waals surface area contributed by atoms with Crippen molar-refractivity contribution in [2.24, 2.45) is 0 Å². The molecule has 1 amide bonds. The quantitative estimate of drug-likeness (QED) is 0.897. The Balaban J connectivity index is 1.67. The third kappa shape index (κ3) is 3.50. The summed E-state index contributed by atoms with van der Waals surface area (Å²) in [6.45, 7) is 4.83. The molecule has 0 aliphatic carbocycles. The molecule has 1 atom stereocenters. The highest BCUT2D eigenvalue weighted by molar-refractivity contribution is 7.88. The average Bonchev–Trinajstić information content (AvgIpc) is 2.99. The molecule has 0 saturated carbocycles. The number of benzene rings is 1. The Morgan fingerprint density at radius 2 is 2.13 bits per heavy atom. The first kappa shape index (κ1) is 16.3. The van der Waals surface area contributed by atoms with Crippen molar-refractivity contribution in [2.45, 2.75) is 38.3 Å². The minimum Gasteiger partial charge on any atom is -0.487 e. The summed E-state index contributed by atoms with van der Waals surface area (Å²) in [5, 5.41) is 2.92. The number of carbonyl (C=O) groups is 1. The molecular formula is C16H22N2O4S. The van der Waals surface area contributed by atoms with Crippen molar-refractivity contribution in [1.82, 2.24) is 9.62 Å². The van der Waals surface area contributed by atoms with Crippen LogP contribution in [0.15, 0.2) is 18.2 Å². The fourth-order valence-corrected chi connectivity index (χ4v) is 4.05. The molecular weight excluding hydrogens is 316 g/mol. The molecule has 3 rings (SSSR count). The Bertz CT molecular complexity index is 742. The number of nitrogens with zero attached hydrogens (tertiary/aromatic N) is 1. The second-order valence-electron chi connectivity index (χ2n) is 6.94. The summed E-state index contributed by atoms with van der Waals surface area (Å²) in [5.74, 6) is 0.661. The van der Waals surface area contributed by atoms with Crippen molar-refractivity contribution in [3.63, 3.8) is 0 Å². The molecule has 1 aromatic carbocycles. The Kier molecular flexibility index (Phi) is 3.88. The Hall–Kier alpha value is -1.60. The van der Waals surface area contributed by atoms with Gasteiger partial charge in [-0.1, -0.05) is 0 Å². The van der Waals surface area contributed by atoms with Gasteiger partial charge in [-0.3, -0.25) is 4.79 Å². The van der Waals surface area contributed by atoms with Gasteiger partial charge in [0, 0.05) is 31.1 Å². The van der Waals surface area contributed by atoms with Crippen LogP contribution in [0.1, 0.15) is 36.2 Å². The molecule has 7 heteroatoms. The van der Waals surface area contributed by atoms with Crippen molar-refractivity contribution in [3.05, 3.63) is 29.3 Å². The molecule has 126 valence electrons. The molecule has 1 aromatic rings. The minimum absolute atomic E-state index is 0.141. The van der Waals surface area contributed by atoms with Gasteiger partial charge in [-0.25, -0.2) is 12.7 Å². The smallest absolute Gasteiger partial charge is 0.251 e. The van der Waals surface area contributed by atoms with Gasteiger partial charge in [0.25, 0.3) is 5.91 Å². The first-order chi connectivity index (χ1) is 10.6. The fraction of sp³-hybridized carbons (Fsp3) is 0.562. The lowest BCUT2D eigenvalue weighted by atomic mass is 10.00. The normalized spacial score (nSPS) is 23.3. The van der Waals surface area contributed by atoms with E-state index >= 15 is 0 Å². The van der Waals surface area contributed by atoms with Gasteiger partial charge < -0.3 is 10.1 Å². The molecule has 1 saturated heterocycles. The zero-order valence-electron chi connectivity index (χ0n) is 13.6. The lowest BCUT2D eigenvalue weighted by molar-refractivity contribution is 0.0939. The van der Waals surface area contributed by atoms with Crippen LogP contribution in [0, 0.1) is 0 Å².